The monoisotopic (exact) mass is 354 g/mol. The second-order valence-corrected chi connectivity index (χ2v) is 4.97. The van der Waals surface area contributed by atoms with Gasteiger partial charge in [-0.2, -0.15) is 13.2 Å². The van der Waals surface area contributed by atoms with Crippen LogP contribution in [0.3, 0.4) is 0 Å². The van der Waals surface area contributed by atoms with Crippen LogP contribution in [0.5, 0.6) is 0 Å². The van der Waals surface area contributed by atoms with Crippen LogP contribution >= 0.6 is 12.4 Å². The Balaban J connectivity index is 0.00000264. The summed E-state index contributed by atoms with van der Waals surface area (Å²) in [4.78, 5) is 11.8. The van der Waals surface area contributed by atoms with Gasteiger partial charge in [0.05, 0.1) is 24.9 Å². The number of hydrogen-bond acceptors (Lipinski definition) is 4. The number of ether oxygens (including phenoxy) is 1. The summed E-state index contributed by atoms with van der Waals surface area (Å²) in [6.07, 6.45) is -5.68. The number of aliphatic hydroxyl groups excluding tert-OH is 1. The van der Waals surface area contributed by atoms with E-state index in [4.69, 9.17) is 4.74 Å². The Morgan fingerprint density at radius 1 is 1.48 bits per heavy atom. The maximum absolute atomic E-state index is 12.6. The Morgan fingerprint density at radius 3 is 2.83 bits per heavy atom. The molecule has 0 bridgehead atoms. The predicted molar refractivity (Wildman–Crippen MR) is 79.3 cm³/mol. The fourth-order valence-electron chi connectivity index (χ4n) is 2.09. The number of carbonyl (C=O) groups excluding carboxylic acids is 1. The molecule has 1 amide bonds. The lowest BCUT2D eigenvalue weighted by Crippen LogP contribution is -2.51. The topological polar surface area (TPSA) is 70.6 Å². The SMILES string of the molecule is Cl.O=C(NCC(O)c1cccc(C(F)(F)F)c1)C1COCCN1. The Morgan fingerprint density at radius 2 is 2.22 bits per heavy atom. The Labute approximate surface area is 137 Å². The molecule has 1 fully saturated rings. The van der Waals surface area contributed by atoms with Gasteiger partial charge in [-0.05, 0) is 17.7 Å². The van der Waals surface area contributed by atoms with Crippen LogP contribution in [-0.4, -0.2) is 43.4 Å². The maximum Gasteiger partial charge on any atom is 0.416 e. The third kappa shape index (κ3) is 5.65. The molecule has 9 heteroatoms. The van der Waals surface area contributed by atoms with Crippen molar-refractivity contribution in [1.82, 2.24) is 10.6 Å². The molecule has 2 atom stereocenters. The third-order valence-corrected chi connectivity index (χ3v) is 3.31. The van der Waals surface area contributed by atoms with Crippen molar-refractivity contribution in [1.29, 1.82) is 0 Å². The number of nitrogens with one attached hydrogen (secondary N) is 2. The minimum Gasteiger partial charge on any atom is -0.387 e. The van der Waals surface area contributed by atoms with Crippen molar-refractivity contribution in [3.05, 3.63) is 35.4 Å². The average Bonchev–Trinajstić information content (AvgIpc) is 2.52. The summed E-state index contributed by atoms with van der Waals surface area (Å²) >= 11 is 0. The lowest BCUT2D eigenvalue weighted by Gasteiger charge is -2.23. The number of halogens is 4. The zero-order valence-corrected chi connectivity index (χ0v) is 12.9. The van der Waals surface area contributed by atoms with Crippen molar-refractivity contribution >= 4 is 18.3 Å². The molecule has 1 heterocycles. The van der Waals surface area contributed by atoms with Gasteiger partial charge in [-0.1, -0.05) is 12.1 Å². The summed E-state index contributed by atoms with van der Waals surface area (Å²) < 4.78 is 43.0. The Hall–Kier alpha value is -1.35. The van der Waals surface area contributed by atoms with Gasteiger partial charge in [0.15, 0.2) is 0 Å². The van der Waals surface area contributed by atoms with Crippen LogP contribution in [0.2, 0.25) is 0 Å². The highest BCUT2D eigenvalue weighted by Crippen LogP contribution is 2.30. The minimum atomic E-state index is -4.47. The van der Waals surface area contributed by atoms with E-state index < -0.39 is 23.9 Å². The van der Waals surface area contributed by atoms with Gasteiger partial charge in [0, 0.05) is 13.1 Å². The van der Waals surface area contributed by atoms with Crippen LogP contribution in [0.4, 0.5) is 13.2 Å². The highest BCUT2D eigenvalue weighted by molar-refractivity contribution is 5.85. The van der Waals surface area contributed by atoms with E-state index in [1.54, 1.807) is 0 Å². The molecule has 23 heavy (non-hydrogen) atoms. The summed E-state index contributed by atoms with van der Waals surface area (Å²) in [6.45, 7) is 1.13. The van der Waals surface area contributed by atoms with Crippen LogP contribution in [0.25, 0.3) is 0 Å². The van der Waals surface area contributed by atoms with Gasteiger partial charge < -0.3 is 20.5 Å². The van der Waals surface area contributed by atoms with E-state index in [0.717, 1.165) is 12.1 Å². The van der Waals surface area contributed by atoms with E-state index >= 15 is 0 Å². The van der Waals surface area contributed by atoms with Crippen LogP contribution in [0.1, 0.15) is 17.2 Å². The van der Waals surface area contributed by atoms with Crippen molar-refractivity contribution in [2.24, 2.45) is 0 Å². The fraction of sp³-hybridized carbons (Fsp3) is 0.500. The first-order valence-corrected chi connectivity index (χ1v) is 6.82. The summed E-state index contributed by atoms with van der Waals surface area (Å²) in [5, 5.41) is 15.4. The average molecular weight is 355 g/mol. The van der Waals surface area contributed by atoms with E-state index in [-0.39, 0.29) is 37.0 Å². The molecule has 130 valence electrons. The number of aliphatic hydroxyl groups is 1. The molecule has 0 aliphatic carbocycles. The molecule has 3 N–H and O–H groups in total. The number of rotatable bonds is 4. The van der Waals surface area contributed by atoms with Crippen LogP contribution in [0, 0.1) is 0 Å². The van der Waals surface area contributed by atoms with Gasteiger partial charge in [0.25, 0.3) is 0 Å². The van der Waals surface area contributed by atoms with Crippen LogP contribution in [-0.2, 0) is 15.7 Å². The second kappa shape index (κ2) is 8.49. The fourth-order valence-corrected chi connectivity index (χ4v) is 2.09. The summed E-state index contributed by atoms with van der Waals surface area (Å²) in [7, 11) is 0. The normalized spacial score (nSPS) is 19.6. The molecular weight excluding hydrogens is 337 g/mol. The van der Waals surface area contributed by atoms with E-state index in [1.807, 2.05) is 0 Å². The highest BCUT2D eigenvalue weighted by atomic mass is 35.5. The quantitative estimate of drug-likeness (QED) is 0.761. The largest absolute Gasteiger partial charge is 0.416 e. The summed E-state index contributed by atoms with van der Waals surface area (Å²) in [6, 6.07) is 3.90. The second-order valence-electron chi connectivity index (χ2n) is 4.97. The molecule has 0 radical (unpaired) electrons. The van der Waals surface area contributed by atoms with Crippen LogP contribution in [0.15, 0.2) is 24.3 Å². The highest BCUT2D eigenvalue weighted by Gasteiger charge is 2.31. The van der Waals surface area contributed by atoms with Gasteiger partial charge in [0.2, 0.25) is 5.91 Å². The van der Waals surface area contributed by atoms with Crippen molar-refractivity contribution in [2.75, 3.05) is 26.3 Å². The molecule has 2 unspecified atom stereocenters. The van der Waals surface area contributed by atoms with E-state index in [9.17, 15) is 23.1 Å². The molecule has 1 saturated heterocycles. The lowest BCUT2D eigenvalue weighted by atomic mass is 10.1. The lowest BCUT2D eigenvalue weighted by molar-refractivity contribution is -0.137. The van der Waals surface area contributed by atoms with Crippen LogP contribution < -0.4 is 10.6 Å². The van der Waals surface area contributed by atoms with Crippen molar-refractivity contribution in [2.45, 2.75) is 18.3 Å². The molecule has 1 aromatic carbocycles. The first-order valence-electron chi connectivity index (χ1n) is 6.82. The molecule has 0 spiro atoms. The van der Waals surface area contributed by atoms with Gasteiger partial charge in [0.1, 0.15) is 6.04 Å². The zero-order valence-electron chi connectivity index (χ0n) is 12.1. The molecule has 0 aromatic heterocycles. The van der Waals surface area contributed by atoms with Gasteiger partial charge in [-0.3, -0.25) is 4.79 Å². The number of morpholine rings is 1. The Bertz CT molecular complexity index is 522. The standard InChI is InChI=1S/C14H17F3N2O3.ClH/c15-14(16,17)10-3-1-2-9(6-10)12(20)7-19-13(21)11-8-22-5-4-18-11;/h1-3,6,11-12,18,20H,4-5,7-8H2,(H,19,21);1H. The number of alkyl halides is 3. The number of hydrogen-bond donors (Lipinski definition) is 3. The molecule has 5 nitrogen and oxygen atoms in total. The van der Waals surface area contributed by atoms with Gasteiger partial charge in [-0.25, -0.2) is 0 Å². The van der Waals surface area contributed by atoms with E-state index in [1.165, 1.54) is 12.1 Å². The van der Waals surface area contributed by atoms with Gasteiger partial charge in [-0.15, -0.1) is 12.4 Å². The smallest absolute Gasteiger partial charge is 0.387 e. The molecule has 1 aliphatic heterocycles. The Kier molecular flexibility index (Phi) is 7.27. The summed E-state index contributed by atoms with van der Waals surface area (Å²) in [5.74, 6) is -0.356. The van der Waals surface area contributed by atoms with Crippen molar-refractivity contribution < 1.29 is 27.8 Å². The first-order chi connectivity index (χ1) is 10.4. The third-order valence-electron chi connectivity index (χ3n) is 3.31. The molecule has 1 aliphatic rings. The van der Waals surface area contributed by atoms with Crippen molar-refractivity contribution in [3.8, 4) is 0 Å². The first kappa shape index (κ1) is 19.7. The van der Waals surface area contributed by atoms with Gasteiger partial charge >= 0.3 is 6.18 Å². The maximum atomic E-state index is 12.6. The summed E-state index contributed by atoms with van der Waals surface area (Å²) in [5.41, 5.74) is -0.735. The number of amides is 1. The minimum absolute atomic E-state index is 0. The predicted octanol–water partition coefficient (Wildman–Crippen LogP) is 1.27. The molecule has 0 saturated carbocycles. The van der Waals surface area contributed by atoms with Crippen molar-refractivity contribution in [3.63, 3.8) is 0 Å². The van der Waals surface area contributed by atoms with E-state index in [2.05, 4.69) is 10.6 Å². The molecule has 2 rings (SSSR count). The van der Waals surface area contributed by atoms with E-state index in [0.29, 0.717) is 13.2 Å². The number of carbonyl (C=O) groups is 1. The molecule has 1 aromatic rings. The number of benzene rings is 1. The zero-order chi connectivity index (χ0) is 16.2. The molecular formula is C14H18ClF3N2O3.